The lowest BCUT2D eigenvalue weighted by Gasteiger charge is -2.28. The number of imidazole rings is 1. The van der Waals surface area contributed by atoms with E-state index in [1.807, 2.05) is 72.8 Å². The molecule has 0 spiro atoms. The third kappa shape index (κ3) is 9.74. The molecule has 1 heterocycles. The van der Waals surface area contributed by atoms with Crippen LogP contribution in [0.5, 0.6) is 0 Å². The SMILES string of the molecule is CCOC(=O)C(c1cccc2ccccc12)n1cnc(NC(=O)[C@@H](COCc2ccccc2)CC(=O)C(C)(C)NC(=O)OC(C)(C)C)c1. The molecule has 2 amide bonds. The van der Waals surface area contributed by atoms with Crippen molar-refractivity contribution in [2.75, 3.05) is 18.5 Å². The molecule has 1 unspecified atom stereocenters. The Morgan fingerprint density at radius 2 is 1.58 bits per heavy atom. The van der Waals surface area contributed by atoms with E-state index in [4.69, 9.17) is 14.2 Å². The summed E-state index contributed by atoms with van der Waals surface area (Å²) in [6, 6.07) is 22.0. The average Bonchev–Trinajstić information content (AvgIpc) is 3.47. The van der Waals surface area contributed by atoms with Crippen molar-refractivity contribution < 1.29 is 33.4 Å². The Morgan fingerprint density at radius 3 is 2.29 bits per heavy atom. The summed E-state index contributed by atoms with van der Waals surface area (Å²) in [6.07, 6.45) is 2.04. The molecule has 2 atom stereocenters. The summed E-state index contributed by atoms with van der Waals surface area (Å²) in [7, 11) is 0. The maximum absolute atomic E-state index is 13.7. The number of Topliss-reactive ketones (excluding diaryl/α,β-unsaturated/α-hetero) is 1. The van der Waals surface area contributed by atoms with Gasteiger partial charge >= 0.3 is 12.1 Å². The highest BCUT2D eigenvalue weighted by Gasteiger charge is 2.35. The molecule has 11 heteroatoms. The summed E-state index contributed by atoms with van der Waals surface area (Å²) in [4.78, 5) is 57.3. The molecule has 254 valence electrons. The Hall–Kier alpha value is -5.03. The second-order valence-electron chi connectivity index (χ2n) is 13.0. The predicted octanol–water partition coefficient (Wildman–Crippen LogP) is 6.22. The van der Waals surface area contributed by atoms with Gasteiger partial charge in [-0.25, -0.2) is 14.6 Å². The van der Waals surface area contributed by atoms with E-state index in [9.17, 15) is 19.2 Å². The molecule has 1 aromatic heterocycles. The van der Waals surface area contributed by atoms with Crippen LogP contribution in [-0.4, -0.2) is 57.7 Å². The van der Waals surface area contributed by atoms with E-state index in [1.165, 1.54) is 6.33 Å². The van der Waals surface area contributed by atoms with Gasteiger partial charge < -0.3 is 29.4 Å². The van der Waals surface area contributed by atoms with E-state index >= 15 is 0 Å². The molecule has 2 N–H and O–H groups in total. The Morgan fingerprint density at radius 1 is 0.896 bits per heavy atom. The maximum Gasteiger partial charge on any atom is 0.408 e. The van der Waals surface area contributed by atoms with Crippen LogP contribution in [0.15, 0.2) is 85.3 Å². The van der Waals surface area contributed by atoms with Crippen molar-refractivity contribution >= 4 is 40.3 Å². The highest BCUT2D eigenvalue weighted by Crippen LogP contribution is 2.29. The fourth-order valence-electron chi connectivity index (χ4n) is 5.12. The number of esters is 1. The molecule has 3 aromatic carbocycles. The molecule has 0 aliphatic heterocycles. The molecule has 0 fully saturated rings. The number of hydrogen-bond acceptors (Lipinski definition) is 8. The first-order valence-corrected chi connectivity index (χ1v) is 15.9. The van der Waals surface area contributed by atoms with E-state index in [0.717, 1.165) is 21.9 Å². The third-order valence-electron chi connectivity index (χ3n) is 7.52. The first-order valence-electron chi connectivity index (χ1n) is 15.9. The van der Waals surface area contributed by atoms with Gasteiger partial charge in [0.1, 0.15) is 5.60 Å². The number of ether oxygens (including phenoxy) is 3. The fourth-order valence-corrected chi connectivity index (χ4v) is 5.12. The number of nitrogens with one attached hydrogen (secondary N) is 2. The van der Waals surface area contributed by atoms with Gasteiger partial charge in [0.05, 0.1) is 37.6 Å². The topological polar surface area (TPSA) is 138 Å². The van der Waals surface area contributed by atoms with Gasteiger partial charge in [-0.15, -0.1) is 0 Å². The minimum atomic E-state index is -1.33. The van der Waals surface area contributed by atoms with Crippen LogP contribution >= 0.6 is 0 Å². The number of carbonyl (C=O) groups excluding carboxylic acids is 4. The van der Waals surface area contributed by atoms with Gasteiger partial charge in [-0.05, 0) is 63.4 Å². The van der Waals surface area contributed by atoms with Crippen LogP contribution in [0, 0.1) is 5.92 Å². The number of aromatic nitrogens is 2. The number of amides is 2. The molecule has 48 heavy (non-hydrogen) atoms. The fraction of sp³-hybridized carbons (Fsp3) is 0.378. The van der Waals surface area contributed by atoms with E-state index in [1.54, 1.807) is 52.3 Å². The molecule has 0 aliphatic carbocycles. The molecule has 4 rings (SSSR count). The maximum atomic E-state index is 13.7. The number of benzene rings is 3. The Kier molecular flexibility index (Phi) is 11.7. The van der Waals surface area contributed by atoms with Crippen molar-refractivity contribution in [3.05, 3.63) is 96.4 Å². The van der Waals surface area contributed by atoms with Gasteiger partial charge in [0.15, 0.2) is 17.6 Å². The molecule has 0 aliphatic rings. The molecule has 0 saturated heterocycles. The summed E-state index contributed by atoms with van der Waals surface area (Å²) in [5, 5.41) is 7.24. The van der Waals surface area contributed by atoms with Crippen molar-refractivity contribution in [2.45, 2.75) is 71.8 Å². The second kappa shape index (κ2) is 15.7. The van der Waals surface area contributed by atoms with E-state index in [-0.39, 0.29) is 37.8 Å². The number of fused-ring (bicyclic) bond motifs is 1. The smallest absolute Gasteiger partial charge is 0.408 e. The van der Waals surface area contributed by atoms with Crippen LogP contribution in [-0.2, 0) is 35.2 Å². The summed E-state index contributed by atoms with van der Waals surface area (Å²) < 4.78 is 18.2. The van der Waals surface area contributed by atoms with Crippen molar-refractivity contribution in [3.8, 4) is 0 Å². The van der Waals surface area contributed by atoms with E-state index < -0.39 is 41.1 Å². The summed E-state index contributed by atoms with van der Waals surface area (Å²) in [5.41, 5.74) is -0.445. The Balaban J connectivity index is 1.55. The van der Waals surface area contributed by atoms with Gasteiger partial charge in [-0.2, -0.15) is 0 Å². The number of rotatable bonds is 14. The monoisotopic (exact) mass is 656 g/mol. The lowest BCUT2D eigenvalue weighted by Crippen LogP contribution is -2.52. The molecule has 0 bridgehead atoms. The van der Waals surface area contributed by atoms with Crippen molar-refractivity contribution in [3.63, 3.8) is 0 Å². The predicted molar refractivity (Wildman–Crippen MR) is 182 cm³/mol. The Labute approximate surface area is 281 Å². The normalized spacial score (nSPS) is 13.0. The highest BCUT2D eigenvalue weighted by molar-refractivity contribution is 5.98. The number of hydrogen-bond donors (Lipinski definition) is 2. The standard InChI is InChI=1S/C37H44N4O7/c1-7-47-34(44)32(29-19-13-17-26-16-11-12-18-28(26)29)41-21-31(38-24-41)39-33(43)27(23-46-22-25-14-9-8-10-15-25)20-30(42)37(5,6)40-35(45)48-36(2,3)4/h8-19,21,24,27,32H,7,20,22-23H2,1-6H3,(H,39,43)(H,40,45)/t27-,32?/m1/s1. The van der Waals surface area contributed by atoms with Gasteiger partial charge in [-0.1, -0.05) is 72.8 Å². The lowest BCUT2D eigenvalue weighted by molar-refractivity contribution is -0.145. The summed E-state index contributed by atoms with van der Waals surface area (Å²) in [6.45, 7) is 10.4. The number of ketones is 1. The molecule has 0 saturated carbocycles. The number of carbonyl (C=O) groups is 4. The third-order valence-corrected chi connectivity index (χ3v) is 7.52. The van der Waals surface area contributed by atoms with Crippen LogP contribution in [0.1, 0.15) is 65.1 Å². The molecular formula is C37H44N4O7. The lowest BCUT2D eigenvalue weighted by atomic mass is 9.90. The van der Waals surface area contributed by atoms with Crippen LogP contribution in [0.3, 0.4) is 0 Å². The van der Waals surface area contributed by atoms with Crippen LogP contribution in [0.25, 0.3) is 10.8 Å². The molecule has 11 nitrogen and oxygen atoms in total. The zero-order valence-corrected chi connectivity index (χ0v) is 28.3. The zero-order valence-electron chi connectivity index (χ0n) is 28.3. The molecule has 0 radical (unpaired) electrons. The molecule has 4 aromatic rings. The minimum absolute atomic E-state index is 0.0723. The van der Waals surface area contributed by atoms with E-state index in [2.05, 4.69) is 15.6 Å². The number of nitrogens with zero attached hydrogens (tertiary/aromatic N) is 2. The van der Waals surface area contributed by atoms with Crippen molar-refractivity contribution in [2.24, 2.45) is 5.92 Å². The minimum Gasteiger partial charge on any atom is -0.464 e. The first kappa shape index (κ1) is 35.8. The van der Waals surface area contributed by atoms with Crippen molar-refractivity contribution in [1.29, 1.82) is 0 Å². The van der Waals surface area contributed by atoms with Crippen LogP contribution < -0.4 is 10.6 Å². The average molecular weight is 657 g/mol. The number of anilines is 1. The largest absolute Gasteiger partial charge is 0.464 e. The van der Waals surface area contributed by atoms with Gasteiger partial charge in [0.2, 0.25) is 5.91 Å². The second-order valence-corrected chi connectivity index (χ2v) is 13.0. The van der Waals surface area contributed by atoms with Gasteiger partial charge in [0, 0.05) is 12.6 Å². The van der Waals surface area contributed by atoms with E-state index in [0.29, 0.717) is 0 Å². The van der Waals surface area contributed by atoms with Gasteiger partial charge in [0.25, 0.3) is 0 Å². The highest BCUT2D eigenvalue weighted by atomic mass is 16.6. The van der Waals surface area contributed by atoms with Crippen LogP contribution in [0.2, 0.25) is 0 Å². The number of alkyl carbamates (subject to hydrolysis) is 1. The van der Waals surface area contributed by atoms with Crippen molar-refractivity contribution in [1.82, 2.24) is 14.9 Å². The Bertz CT molecular complexity index is 1720. The first-order chi connectivity index (χ1) is 22.8. The quantitative estimate of drug-likeness (QED) is 0.153. The van der Waals surface area contributed by atoms with Gasteiger partial charge in [-0.3, -0.25) is 9.59 Å². The molecular weight excluding hydrogens is 612 g/mol. The van der Waals surface area contributed by atoms with Crippen LogP contribution in [0.4, 0.5) is 10.6 Å². The summed E-state index contributed by atoms with van der Waals surface area (Å²) >= 11 is 0. The summed E-state index contributed by atoms with van der Waals surface area (Å²) in [5.74, 6) is -2.11. The zero-order chi connectivity index (χ0) is 34.9.